The average Bonchev–Trinajstić information content (AvgIpc) is 2.62. The van der Waals surface area contributed by atoms with E-state index in [1.165, 1.54) is 9.80 Å². The number of piperazine rings is 1. The molecule has 7 nitrogen and oxygen atoms in total. The number of hydrogen-bond acceptors (Lipinski definition) is 5. The van der Waals surface area contributed by atoms with Gasteiger partial charge >= 0.3 is 0 Å². The van der Waals surface area contributed by atoms with Crippen LogP contribution in [0.5, 0.6) is 5.75 Å². The molecule has 0 bridgehead atoms. The van der Waals surface area contributed by atoms with Crippen LogP contribution in [0.1, 0.15) is 0 Å². The van der Waals surface area contributed by atoms with Crippen LogP contribution in [0.2, 0.25) is 5.02 Å². The number of carbonyl (C=O) groups excluding carboxylic acids is 2. The van der Waals surface area contributed by atoms with Crippen LogP contribution in [-0.4, -0.2) is 52.9 Å². The number of amides is 2. The maximum atomic E-state index is 12.9. The summed E-state index contributed by atoms with van der Waals surface area (Å²) in [7, 11) is 0. The van der Waals surface area contributed by atoms with Gasteiger partial charge in [0.1, 0.15) is 12.3 Å². The van der Waals surface area contributed by atoms with Crippen LogP contribution in [0.15, 0.2) is 36.7 Å². The van der Waals surface area contributed by atoms with Crippen LogP contribution >= 0.6 is 11.6 Å². The van der Waals surface area contributed by atoms with Gasteiger partial charge in [-0.25, -0.2) is 14.4 Å². The summed E-state index contributed by atoms with van der Waals surface area (Å²) in [4.78, 5) is 34.7. The highest BCUT2D eigenvalue weighted by Gasteiger charge is 2.29. The monoisotopic (exact) mass is 364 g/mol. The summed E-state index contributed by atoms with van der Waals surface area (Å²) in [5.41, 5.74) is 0. The number of ether oxygens (including phenoxy) is 1. The zero-order chi connectivity index (χ0) is 17.8. The Kier molecular flexibility index (Phi) is 5.08. The standard InChI is InChI=1S/C16H14ClFN4O3/c17-11-1-3-13(4-2-11)25-10-15(24)21-5-6-22(14(23)9-21)16-19-7-12(18)8-20-16/h1-4,7-8H,5-6,9-10H2. The fourth-order valence-electron chi connectivity index (χ4n) is 2.31. The molecule has 2 heterocycles. The Labute approximate surface area is 148 Å². The van der Waals surface area contributed by atoms with Crippen LogP contribution < -0.4 is 9.64 Å². The fourth-order valence-corrected chi connectivity index (χ4v) is 2.44. The van der Waals surface area contributed by atoms with E-state index in [9.17, 15) is 14.0 Å². The molecule has 1 fully saturated rings. The van der Waals surface area contributed by atoms with Gasteiger partial charge in [-0.3, -0.25) is 14.5 Å². The van der Waals surface area contributed by atoms with E-state index in [4.69, 9.17) is 16.3 Å². The maximum Gasteiger partial charge on any atom is 0.261 e. The summed E-state index contributed by atoms with van der Waals surface area (Å²) in [6, 6.07) is 6.63. The summed E-state index contributed by atoms with van der Waals surface area (Å²) in [6.45, 7) is 0.262. The second-order valence-electron chi connectivity index (χ2n) is 5.30. The van der Waals surface area contributed by atoms with Crippen molar-refractivity contribution >= 4 is 29.4 Å². The lowest BCUT2D eigenvalue weighted by Gasteiger charge is -2.32. The third-order valence-electron chi connectivity index (χ3n) is 3.60. The minimum atomic E-state index is -0.579. The third-order valence-corrected chi connectivity index (χ3v) is 3.85. The average molecular weight is 365 g/mol. The third kappa shape index (κ3) is 4.21. The fraction of sp³-hybridized carbons (Fsp3) is 0.250. The Balaban J connectivity index is 1.55. The van der Waals surface area contributed by atoms with Gasteiger partial charge < -0.3 is 9.64 Å². The van der Waals surface area contributed by atoms with Crippen molar-refractivity contribution in [3.63, 3.8) is 0 Å². The van der Waals surface area contributed by atoms with Gasteiger partial charge in [-0.05, 0) is 24.3 Å². The van der Waals surface area contributed by atoms with Gasteiger partial charge in [0.15, 0.2) is 12.4 Å². The Hall–Kier alpha value is -2.74. The molecule has 0 radical (unpaired) electrons. The Morgan fingerprint density at radius 2 is 1.88 bits per heavy atom. The van der Waals surface area contributed by atoms with Crippen molar-refractivity contribution in [2.75, 3.05) is 31.1 Å². The van der Waals surface area contributed by atoms with E-state index in [1.807, 2.05) is 0 Å². The lowest BCUT2D eigenvalue weighted by atomic mass is 10.3. The Morgan fingerprint density at radius 1 is 1.20 bits per heavy atom. The van der Waals surface area contributed by atoms with Crippen LogP contribution in [0.25, 0.3) is 0 Å². The number of anilines is 1. The van der Waals surface area contributed by atoms with Crippen LogP contribution in [0, 0.1) is 5.82 Å². The Bertz CT molecular complexity index is 770. The molecule has 1 aromatic heterocycles. The minimum Gasteiger partial charge on any atom is -0.484 e. The van der Waals surface area contributed by atoms with Gasteiger partial charge in [0.25, 0.3) is 5.91 Å². The smallest absolute Gasteiger partial charge is 0.261 e. The first-order valence-corrected chi connectivity index (χ1v) is 7.85. The van der Waals surface area contributed by atoms with Gasteiger partial charge in [0, 0.05) is 18.1 Å². The molecule has 0 spiro atoms. The second-order valence-corrected chi connectivity index (χ2v) is 5.74. The van der Waals surface area contributed by atoms with Crippen molar-refractivity contribution in [2.45, 2.75) is 0 Å². The molecule has 0 aliphatic carbocycles. The van der Waals surface area contributed by atoms with Gasteiger partial charge in [-0.2, -0.15) is 0 Å². The van der Waals surface area contributed by atoms with Gasteiger partial charge in [-0.1, -0.05) is 11.6 Å². The molecule has 1 saturated heterocycles. The van der Waals surface area contributed by atoms with Gasteiger partial charge in [0.2, 0.25) is 11.9 Å². The molecular formula is C16H14ClFN4O3. The number of hydrogen-bond donors (Lipinski definition) is 0. The summed E-state index contributed by atoms with van der Waals surface area (Å²) in [5, 5.41) is 0.573. The summed E-state index contributed by atoms with van der Waals surface area (Å²) < 4.78 is 18.3. The van der Waals surface area contributed by atoms with Crippen molar-refractivity contribution in [1.82, 2.24) is 14.9 Å². The first kappa shape index (κ1) is 17.1. The van der Waals surface area contributed by atoms with Crippen LogP contribution in [0.4, 0.5) is 10.3 Å². The topological polar surface area (TPSA) is 75.6 Å². The quantitative estimate of drug-likeness (QED) is 0.822. The first-order chi connectivity index (χ1) is 12.0. The molecule has 2 amide bonds. The number of rotatable bonds is 4. The number of aromatic nitrogens is 2. The molecule has 2 aromatic rings. The molecular weight excluding hydrogens is 351 g/mol. The summed E-state index contributed by atoms with van der Waals surface area (Å²) in [5.74, 6) is -0.580. The van der Waals surface area contributed by atoms with E-state index in [1.54, 1.807) is 24.3 Å². The minimum absolute atomic E-state index is 0.108. The van der Waals surface area contributed by atoms with Crippen LogP contribution in [0.3, 0.4) is 0 Å². The Morgan fingerprint density at radius 3 is 2.52 bits per heavy atom. The normalized spacial score (nSPS) is 14.6. The van der Waals surface area contributed by atoms with Crippen molar-refractivity contribution in [3.05, 3.63) is 47.5 Å². The van der Waals surface area contributed by atoms with E-state index in [0.29, 0.717) is 17.3 Å². The molecule has 0 N–H and O–H groups in total. The largest absolute Gasteiger partial charge is 0.484 e. The van der Waals surface area contributed by atoms with E-state index in [0.717, 1.165) is 12.4 Å². The molecule has 0 saturated carbocycles. The number of carbonyl (C=O) groups is 2. The first-order valence-electron chi connectivity index (χ1n) is 7.47. The van der Waals surface area contributed by atoms with Crippen molar-refractivity contribution in [1.29, 1.82) is 0 Å². The highest BCUT2D eigenvalue weighted by atomic mass is 35.5. The predicted molar refractivity (Wildman–Crippen MR) is 87.9 cm³/mol. The van der Waals surface area contributed by atoms with Gasteiger partial charge in [0.05, 0.1) is 12.4 Å². The van der Waals surface area contributed by atoms with Crippen LogP contribution in [-0.2, 0) is 9.59 Å². The van der Waals surface area contributed by atoms with E-state index >= 15 is 0 Å². The number of benzene rings is 1. The second kappa shape index (κ2) is 7.43. The van der Waals surface area contributed by atoms with Crippen molar-refractivity contribution < 1.29 is 18.7 Å². The zero-order valence-electron chi connectivity index (χ0n) is 13.1. The highest BCUT2D eigenvalue weighted by Crippen LogP contribution is 2.16. The molecule has 9 heteroatoms. The van der Waals surface area contributed by atoms with E-state index in [2.05, 4.69) is 9.97 Å². The summed E-state index contributed by atoms with van der Waals surface area (Å²) in [6.07, 6.45) is 1.99. The van der Waals surface area contributed by atoms with E-state index in [-0.39, 0.29) is 37.5 Å². The number of halogens is 2. The number of nitrogens with zero attached hydrogens (tertiary/aromatic N) is 4. The maximum absolute atomic E-state index is 12.9. The molecule has 25 heavy (non-hydrogen) atoms. The molecule has 0 atom stereocenters. The predicted octanol–water partition coefficient (Wildman–Crippen LogP) is 1.52. The zero-order valence-corrected chi connectivity index (χ0v) is 13.8. The van der Waals surface area contributed by atoms with Crippen molar-refractivity contribution in [3.8, 4) is 5.75 Å². The SMILES string of the molecule is O=C(COc1ccc(Cl)cc1)N1CCN(c2ncc(F)cn2)C(=O)C1. The lowest BCUT2D eigenvalue weighted by molar-refractivity contribution is -0.138. The lowest BCUT2D eigenvalue weighted by Crippen LogP contribution is -2.53. The summed E-state index contributed by atoms with van der Waals surface area (Å²) >= 11 is 5.78. The molecule has 0 unspecified atom stereocenters. The molecule has 1 aliphatic rings. The van der Waals surface area contributed by atoms with Gasteiger partial charge in [-0.15, -0.1) is 0 Å². The van der Waals surface area contributed by atoms with E-state index < -0.39 is 5.82 Å². The molecule has 3 rings (SSSR count). The highest BCUT2D eigenvalue weighted by molar-refractivity contribution is 6.30. The molecule has 1 aliphatic heterocycles. The molecule has 130 valence electrons. The molecule has 1 aromatic carbocycles. The van der Waals surface area contributed by atoms with Crippen molar-refractivity contribution in [2.24, 2.45) is 0 Å².